The molecule has 7 heteroatoms. The Morgan fingerprint density at radius 2 is 2.00 bits per heavy atom. The molecular formula is C21H20N4O3. The van der Waals surface area contributed by atoms with Gasteiger partial charge < -0.3 is 10.0 Å². The van der Waals surface area contributed by atoms with Crippen LogP contribution in [0.1, 0.15) is 44.9 Å². The molecule has 2 aromatic heterocycles. The zero-order valence-corrected chi connectivity index (χ0v) is 15.3. The van der Waals surface area contributed by atoms with Crippen LogP contribution in [0.2, 0.25) is 0 Å². The summed E-state index contributed by atoms with van der Waals surface area (Å²) in [6.07, 6.45) is 4.65. The van der Waals surface area contributed by atoms with E-state index in [2.05, 4.69) is 10.1 Å². The van der Waals surface area contributed by atoms with E-state index in [1.807, 2.05) is 28.9 Å². The van der Waals surface area contributed by atoms with Crippen LogP contribution in [0.25, 0.3) is 10.9 Å². The van der Waals surface area contributed by atoms with Gasteiger partial charge in [0.2, 0.25) is 0 Å². The summed E-state index contributed by atoms with van der Waals surface area (Å²) in [6, 6.07) is 9.33. The molecule has 0 unspecified atom stereocenters. The summed E-state index contributed by atoms with van der Waals surface area (Å²) in [5, 5.41) is 14.9. The van der Waals surface area contributed by atoms with E-state index in [9.17, 15) is 14.7 Å². The number of rotatable bonds is 4. The number of carbonyl (C=O) groups is 2. The van der Waals surface area contributed by atoms with Crippen LogP contribution in [0, 0.1) is 5.92 Å². The Bertz CT molecular complexity index is 1090. The van der Waals surface area contributed by atoms with Crippen molar-refractivity contribution >= 4 is 22.8 Å². The number of para-hydroxylation sites is 1. The number of aromatic nitrogens is 3. The predicted octanol–water partition coefficient (Wildman–Crippen LogP) is 2.74. The van der Waals surface area contributed by atoms with Crippen molar-refractivity contribution in [3.8, 4) is 0 Å². The van der Waals surface area contributed by atoms with Gasteiger partial charge in [0, 0.05) is 42.4 Å². The van der Waals surface area contributed by atoms with E-state index < -0.39 is 5.97 Å². The van der Waals surface area contributed by atoms with Crippen LogP contribution in [0.4, 0.5) is 0 Å². The third-order valence-electron chi connectivity index (χ3n) is 5.61. The quantitative estimate of drug-likeness (QED) is 0.756. The van der Waals surface area contributed by atoms with Gasteiger partial charge in [0.1, 0.15) is 0 Å². The number of hydrogen-bond acceptors (Lipinski definition) is 4. The zero-order valence-electron chi connectivity index (χ0n) is 15.3. The fourth-order valence-electron chi connectivity index (χ4n) is 3.98. The van der Waals surface area contributed by atoms with E-state index in [-0.39, 0.29) is 18.1 Å². The molecule has 1 aromatic carbocycles. The van der Waals surface area contributed by atoms with E-state index in [0.717, 1.165) is 17.6 Å². The third kappa shape index (κ3) is 2.83. The van der Waals surface area contributed by atoms with Crippen molar-refractivity contribution in [2.45, 2.75) is 32.4 Å². The average Bonchev–Trinajstić information content (AvgIpc) is 3.46. The van der Waals surface area contributed by atoms with Gasteiger partial charge in [-0.05, 0) is 30.9 Å². The molecule has 0 saturated heterocycles. The fraction of sp³-hybridized carbons (Fsp3) is 0.333. The summed E-state index contributed by atoms with van der Waals surface area (Å²) in [5.74, 6) is -0.555. The molecule has 0 radical (unpaired) electrons. The van der Waals surface area contributed by atoms with E-state index in [4.69, 9.17) is 0 Å². The fourth-order valence-corrected chi connectivity index (χ4v) is 3.98. The highest BCUT2D eigenvalue weighted by Crippen LogP contribution is 2.33. The van der Waals surface area contributed by atoms with Crippen LogP contribution in [0.3, 0.4) is 0 Å². The second kappa shape index (κ2) is 6.44. The van der Waals surface area contributed by atoms with Crippen LogP contribution >= 0.6 is 0 Å². The highest BCUT2D eigenvalue weighted by Gasteiger charge is 2.32. The van der Waals surface area contributed by atoms with Crippen LogP contribution in [-0.4, -0.2) is 43.2 Å². The van der Waals surface area contributed by atoms with Crippen molar-refractivity contribution < 1.29 is 14.7 Å². The number of carboxylic acid groups (broad SMARTS) is 1. The molecule has 0 atom stereocenters. The lowest BCUT2D eigenvalue weighted by atomic mass is 10.0. The van der Waals surface area contributed by atoms with Gasteiger partial charge in [-0.2, -0.15) is 5.10 Å². The Balaban J connectivity index is 1.49. The molecule has 1 N–H and O–H groups in total. The molecule has 1 fully saturated rings. The Kier molecular flexibility index (Phi) is 3.89. The van der Waals surface area contributed by atoms with E-state index in [0.29, 0.717) is 35.5 Å². The lowest BCUT2D eigenvalue weighted by Gasteiger charge is -2.28. The standard InChI is InChI=1S/C21H20N4O3/c26-20(15-5-1-3-14-4-2-9-22-18(14)15)24-10-8-17-16(12-24)19(21(27)28)23-25(17)11-13-6-7-13/h1-5,9,13H,6-8,10-12H2,(H,27,28). The van der Waals surface area contributed by atoms with Crippen LogP contribution in [-0.2, 0) is 19.5 Å². The summed E-state index contributed by atoms with van der Waals surface area (Å²) >= 11 is 0. The number of amides is 1. The number of carbonyl (C=O) groups excluding carboxylic acids is 1. The first-order chi connectivity index (χ1) is 13.6. The summed E-state index contributed by atoms with van der Waals surface area (Å²) in [7, 11) is 0. The third-order valence-corrected chi connectivity index (χ3v) is 5.61. The van der Waals surface area contributed by atoms with Gasteiger partial charge >= 0.3 is 5.97 Å². The van der Waals surface area contributed by atoms with Gasteiger partial charge in [0.05, 0.1) is 17.6 Å². The van der Waals surface area contributed by atoms with Crippen molar-refractivity contribution in [3.63, 3.8) is 0 Å². The smallest absolute Gasteiger partial charge is 0.356 e. The van der Waals surface area contributed by atoms with Crippen molar-refractivity contribution in [3.05, 3.63) is 59.0 Å². The van der Waals surface area contributed by atoms with Gasteiger partial charge in [0.15, 0.2) is 5.69 Å². The molecule has 3 heterocycles. The maximum atomic E-state index is 13.2. The average molecular weight is 376 g/mol. The van der Waals surface area contributed by atoms with E-state index in [1.165, 1.54) is 12.8 Å². The zero-order chi connectivity index (χ0) is 19.3. The highest BCUT2D eigenvalue weighted by atomic mass is 16.4. The van der Waals surface area contributed by atoms with Crippen molar-refractivity contribution in [2.75, 3.05) is 6.54 Å². The number of carboxylic acids is 1. The highest BCUT2D eigenvalue weighted by molar-refractivity contribution is 6.05. The summed E-state index contributed by atoms with van der Waals surface area (Å²) in [4.78, 5) is 31.0. The van der Waals surface area contributed by atoms with E-state index in [1.54, 1.807) is 17.2 Å². The number of nitrogens with zero attached hydrogens (tertiary/aromatic N) is 4. The van der Waals surface area contributed by atoms with Crippen molar-refractivity contribution in [1.29, 1.82) is 0 Å². The van der Waals surface area contributed by atoms with Gasteiger partial charge in [-0.25, -0.2) is 4.79 Å². The van der Waals surface area contributed by atoms with Gasteiger partial charge in [-0.3, -0.25) is 14.5 Å². The molecule has 28 heavy (non-hydrogen) atoms. The molecule has 1 amide bonds. The first-order valence-electron chi connectivity index (χ1n) is 9.56. The maximum Gasteiger partial charge on any atom is 0.356 e. The topological polar surface area (TPSA) is 88.3 Å². The number of aromatic carboxylic acids is 1. The first-order valence-corrected chi connectivity index (χ1v) is 9.56. The molecule has 1 aliphatic heterocycles. The van der Waals surface area contributed by atoms with Crippen molar-refractivity contribution in [2.24, 2.45) is 5.92 Å². The summed E-state index contributed by atoms with van der Waals surface area (Å²) in [5.41, 5.74) is 2.92. The minimum absolute atomic E-state index is 0.0733. The Morgan fingerprint density at radius 1 is 1.18 bits per heavy atom. The Labute approximate surface area is 161 Å². The van der Waals surface area contributed by atoms with E-state index >= 15 is 0 Å². The molecule has 7 nitrogen and oxygen atoms in total. The molecule has 3 aromatic rings. The van der Waals surface area contributed by atoms with Crippen LogP contribution < -0.4 is 0 Å². The van der Waals surface area contributed by atoms with Crippen LogP contribution in [0.15, 0.2) is 36.5 Å². The van der Waals surface area contributed by atoms with Gasteiger partial charge in [-0.1, -0.05) is 18.2 Å². The minimum atomic E-state index is -1.04. The largest absolute Gasteiger partial charge is 0.476 e. The Morgan fingerprint density at radius 3 is 2.79 bits per heavy atom. The number of hydrogen-bond donors (Lipinski definition) is 1. The summed E-state index contributed by atoms with van der Waals surface area (Å²) < 4.78 is 1.86. The van der Waals surface area contributed by atoms with Gasteiger partial charge in [-0.15, -0.1) is 0 Å². The normalized spacial score (nSPS) is 16.2. The molecule has 5 rings (SSSR count). The molecule has 142 valence electrons. The SMILES string of the molecule is O=C(O)c1nn(CC2CC2)c2c1CN(C(=O)c1cccc3cccnc13)CC2. The summed E-state index contributed by atoms with van der Waals surface area (Å²) in [6.45, 7) is 1.59. The molecule has 1 saturated carbocycles. The number of pyridine rings is 1. The molecular weight excluding hydrogens is 356 g/mol. The van der Waals surface area contributed by atoms with Gasteiger partial charge in [0.25, 0.3) is 5.91 Å². The number of fused-ring (bicyclic) bond motifs is 2. The molecule has 2 aliphatic rings. The molecule has 0 spiro atoms. The van der Waals surface area contributed by atoms with Crippen molar-refractivity contribution in [1.82, 2.24) is 19.7 Å². The monoisotopic (exact) mass is 376 g/mol. The Hall–Kier alpha value is -3.22. The lowest BCUT2D eigenvalue weighted by molar-refractivity contribution is 0.0674. The van der Waals surface area contributed by atoms with Crippen LogP contribution in [0.5, 0.6) is 0 Å². The number of benzene rings is 1. The maximum absolute atomic E-state index is 13.2. The molecule has 0 bridgehead atoms. The predicted molar refractivity (Wildman–Crippen MR) is 102 cm³/mol. The first kappa shape index (κ1) is 16.9. The molecule has 1 aliphatic carbocycles. The lowest BCUT2D eigenvalue weighted by Crippen LogP contribution is -2.37. The second-order valence-corrected chi connectivity index (χ2v) is 7.56. The minimum Gasteiger partial charge on any atom is -0.476 e. The second-order valence-electron chi connectivity index (χ2n) is 7.56.